The quantitative estimate of drug-likeness (QED) is 0.204. The van der Waals surface area contributed by atoms with Crippen LogP contribution in [0.2, 0.25) is 0 Å². The van der Waals surface area contributed by atoms with Crippen LogP contribution in [0.5, 0.6) is 0 Å². The van der Waals surface area contributed by atoms with Crippen molar-refractivity contribution < 1.29 is 31.5 Å². The lowest BCUT2D eigenvalue weighted by molar-refractivity contribution is -0.137. The molecule has 0 aliphatic rings. The van der Waals surface area contributed by atoms with Crippen molar-refractivity contribution in [3.8, 4) is 33.6 Å². The molecular formula is C28H18F5N3O3. The zero-order valence-electron chi connectivity index (χ0n) is 20.1. The van der Waals surface area contributed by atoms with E-state index < -0.39 is 40.5 Å². The summed E-state index contributed by atoms with van der Waals surface area (Å²) in [6.07, 6.45) is -4.61. The number of benzene rings is 3. The van der Waals surface area contributed by atoms with Gasteiger partial charge in [0.05, 0.1) is 23.4 Å². The van der Waals surface area contributed by atoms with Crippen LogP contribution in [0.3, 0.4) is 0 Å². The Morgan fingerprint density at radius 2 is 1.67 bits per heavy atom. The third-order valence-electron chi connectivity index (χ3n) is 6.01. The normalized spacial score (nSPS) is 11.6. The Morgan fingerprint density at radius 3 is 2.28 bits per heavy atom. The minimum absolute atomic E-state index is 0.0627. The third-order valence-corrected chi connectivity index (χ3v) is 6.01. The summed E-state index contributed by atoms with van der Waals surface area (Å²) in [6.45, 7) is 1.45. The van der Waals surface area contributed by atoms with Gasteiger partial charge in [-0.25, -0.2) is 13.6 Å². The van der Waals surface area contributed by atoms with E-state index in [1.54, 1.807) is 30.3 Å². The van der Waals surface area contributed by atoms with Crippen molar-refractivity contribution in [2.45, 2.75) is 13.1 Å². The summed E-state index contributed by atoms with van der Waals surface area (Å²) >= 11 is 0. The van der Waals surface area contributed by atoms with Crippen molar-refractivity contribution in [1.29, 1.82) is 0 Å². The molecule has 6 nitrogen and oxygen atoms in total. The number of rotatable bonds is 5. The molecule has 3 aromatic carbocycles. The van der Waals surface area contributed by atoms with Crippen molar-refractivity contribution in [3.05, 3.63) is 106 Å². The molecule has 5 rings (SSSR count). The molecular weight excluding hydrogens is 521 g/mol. The molecule has 0 bridgehead atoms. The SMILES string of the molecule is CCOC(=O)c1c(-c2ccc(C(F)(F)F)cc2)[nH]c2c(-c3ccc(F)cc3F)c(-c3ccccc3)nn2c1=O. The van der Waals surface area contributed by atoms with Gasteiger partial charge in [0, 0.05) is 17.2 Å². The average molecular weight is 539 g/mol. The second-order valence-corrected chi connectivity index (χ2v) is 8.45. The molecule has 2 aromatic heterocycles. The fourth-order valence-electron chi connectivity index (χ4n) is 4.25. The number of H-pyrrole nitrogens is 1. The molecule has 39 heavy (non-hydrogen) atoms. The van der Waals surface area contributed by atoms with E-state index in [0.29, 0.717) is 11.6 Å². The van der Waals surface area contributed by atoms with Gasteiger partial charge in [-0.15, -0.1) is 0 Å². The number of halogens is 5. The van der Waals surface area contributed by atoms with E-state index in [9.17, 15) is 27.2 Å². The van der Waals surface area contributed by atoms with Gasteiger partial charge in [0.15, 0.2) is 5.56 Å². The maximum atomic E-state index is 15.1. The molecule has 0 radical (unpaired) electrons. The van der Waals surface area contributed by atoms with E-state index in [1.165, 1.54) is 13.0 Å². The van der Waals surface area contributed by atoms with Gasteiger partial charge in [0.2, 0.25) is 0 Å². The first-order valence-corrected chi connectivity index (χ1v) is 11.6. The van der Waals surface area contributed by atoms with E-state index in [2.05, 4.69) is 10.1 Å². The summed E-state index contributed by atoms with van der Waals surface area (Å²) in [5, 5.41) is 4.36. The van der Waals surface area contributed by atoms with Crippen LogP contribution in [0.15, 0.2) is 77.6 Å². The van der Waals surface area contributed by atoms with Gasteiger partial charge in [0.25, 0.3) is 5.56 Å². The Kier molecular flexibility index (Phi) is 6.51. The second-order valence-electron chi connectivity index (χ2n) is 8.45. The summed E-state index contributed by atoms with van der Waals surface area (Å²) in [7, 11) is 0. The lowest BCUT2D eigenvalue weighted by Crippen LogP contribution is -2.26. The highest BCUT2D eigenvalue weighted by Crippen LogP contribution is 2.37. The Balaban J connectivity index is 1.88. The van der Waals surface area contributed by atoms with E-state index in [0.717, 1.165) is 34.8 Å². The van der Waals surface area contributed by atoms with Gasteiger partial charge in [-0.2, -0.15) is 22.8 Å². The zero-order valence-corrected chi connectivity index (χ0v) is 20.1. The molecule has 0 saturated heterocycles. The topological polar surface area (TPSA) is 76.5 Å². The number of aromatic nitrogens is 3. The third kappa shape index (κ3) is 4.67. The predicted molar refractivity (Wildman–Crippen MR) is 133 cm³/mol. The number of carbonyl (C=O) groups excluding carboxylic acids is 1. The summed E-state index contributed by atoms with van der Waals surface area (Å²) < 4.78 is 74.3. The Hall–Kier alpha value is -4.80. The van der Waals surface area contributed by atoms with Crippen molar-refractivity contribution in [2.75, 3.05) is 6.61 Å². The highest BCUT2D eigenvalue weighted by molar-refractivity contribution is 5.98. The van der Waals surface area contributed by atoms with Crippen LogP contribution in [0.25, 0.3) is 39.3 Å². The Labute approximate surface area is 217 Å². The van der Waals surface area contributed by atoms with Crippen LogP contribution >= 0.6 is 0 Å². The maximum Gasteiger partial charge on any atom is 0.416 e. The first-order chi connectivity index (χ1) is 18.6. The molecule has 1 N–H and O–H groups in total. The molecule has 0 fully saturated rings. The number of carbonyl (C=O) groups is 1. The fraction of sp³-hybridized carbons (Fsp3) is 0.107. The van der Waals surface area contributed by atoms with E-state index in [4.69, 9.17) is 4.74 Å². The van der Waals surface area contributed by atoms with Crippen LogP contribution < -0.4 is 5.56 Å². The number of esters is 1. The van der Waals surface area contributed by atoms with E-state index in [-0.39, 0.29) is 40.3 Å². The fourth-order valence-corrected chi connectivity index (χ4v) is 4.25. The molecule has 11 heteroatoms. The highest BCUT2D eigenvalue weighted by atomic mass is 19.4. The number of fused-ring (bicyclic) bond motifs is 1. The molecule has 2 heterocycles. The number of hydrogen-bond acceptors (Lipinski definition) is 4. The minimum atomic E-state index is -4.61. The smallest absolute Gasteiger partial charge is 0.416 e. The summed E-state index contributed by atoms with van der Waals surface area (Å²) in [6, 6.07) is 15.2. The zero-order chi connectivity index (χ0) is 27.9. The van der Waals surface area contributed by atoms with Crippen LogP contribution in [0.4, 0.5) is 22.0 Å². The highest BCUT2D eigenvalue weighted by Gasteiger charge is 2.31. The average Bonchev–Trinajstić information content (AvgIpc) is 3.28. The van der Waals surface area contributed by atoms with Crippen molar-refractivity contribution in [2.24, 2.45) is 0 Å². The molecule has 0 atom stereocenters. The predicted octanol–water partition coefficient (Wildman–Crippen LogP) is 6.50. The lowest BCUT2D eigenvalue weighted by Gasteiger charge is -2.12. The van der Waals surface area contributed by atoms with Crippen LogP contribution in [-0.4, -0.2) is 27.2 Å². The van der Waals surface area contributed by atoms with Gasteiger partial charge < -0.3 is 9.72 Å². The van der Waals surface area contributed by atoms with Crippen LogP contribution in [0, 0.1) is 11.6 Å². The molecule has 0 amide bonds. The minimum Gasteiger partial charge on any atom is -0.462 e. The molecule has 0 unspecified atom stereocenters. The number of aromatic amines is 1. The molecule has 5 aromatic rings. The molecule has 198 valence electrons. The number of hydrogen-bond donors (Lipinski definition) is 1. The van der Waals surface area contributed by atoms with Gasteiger partial charge >= 0.3 is 12.1 Å². The maximum absolute atomic E-state index is 15.1. The van der Waals surface area contributed by atoms with E-state index in [1.807, 2.05) is 0 Å². The number of ether oxygens (including phenoxy) is 1. The lowest BCUT2D eigenvalue weighted by atomic mass is 10.00. The molecule has 0 aliphatic carbocycles. The summed E-state index contributed by atoms with van der Waals surface area (Å²) in [5.41, 5.74) is -1.90. The van der Waals surface area contributed by atoms with Gasteiger partial charge in [-0.3, -0.25) is 4.79 Å². The number of nitrogens with one attached hydrogen (secondary N) is 1. The van der Waals surface area contributed by atoms with Gasteiger partial charge in [-0.1, -0.05) is 42.5 Å². The standard InChI is InChI=1S/C28H18F5N3O3/c1-2-39-27(38)22-23(16-8-10-17(11-9-16)28(31,32)33)34-25-21(19-13-12-18(29)14-20(19)30)24(35-36(25)26(22)37)15-6-4-3-5-7-15/h3-14,34H,2H2,1H3. The van der Waals surface area contributed by atoms with Crippen LogP contribution in [-0.2, 0) is 10.9 Å². The van der Waals surface area contributed by atoms with Crippen LogP contribution in [0.1, 0.15) is 22.8 Å². The first-order valence-electron chi connectivity index (χ1n) is 11.6. The first kappa shape index (κ1) is 25.8. The van der Waals surface area contributed by atoms with Gasteiger partial charge in [-0.05, 0) is 36.8 Å². The largest absolute Gasteiger partial charge is 0.462 e. The van der Waals surface area contributed by atoms with Crippen molar-refractivity contribution >= 4 is 11.6 Å². The van der Waals surface area contributed by atoms with E-state index >= 15 is 4.39 Å². The Morgan fingerprint density at radius 1 is 0.974 bits per heavy atom. The molecule has 0 aliphatic heterocycles. The summed E-state index contributed by atoms with van der Waals surface area (Å²) in [5.74, 6) is -2.78. The number of alkyl halides is 3. The van der Waals surface area contributed by atoms with Crippen molar-refractivity contribution in [1.82, 2.24) is 14.6 Å². The Bertz CT molecular complexity index is 1760. The second kappa shape index (κ2) is 9.82. The molecule has 0 spiro atoms. The molecule has 0 saturated carbocycles. The van der Waals surface area contributed by atoms with Crippen molar-refractivity contribution in [3.63, 3.8) is 0 Å². The van der Waals surface area contributed by atoms with Gasteiger partial charge in [0.1, 0.15) is 23.0 Å². The summed E-state index contributed by atoms with van der Waals surface area (Å²) in [4.78, 5) is 29.5. The monoisotopic (exact) mass is 539 g/mol. The number of nitrogens with zero attached hydrogens (tertiary/aromatic N) is 2.